The van der Waals surface area contributed by atoms with Crippen molar-refractivity contribution in [2.45, 2.75) is 19.8 Å². The molecule has 0 aromatic rings. The van der Waals surface area contributed by atoms with E-state index in [1.54, 1.807) is 14.0 Å². The van der Waals surface area contributed by atoms with Gasteiger partial charge in [-0.25, -0.2) is 0 Å². The number of carboxylic acid groups (broad SMARTS) is 1. The first-order chi connectivity index (χ1) is 7.91. The lowest BCUT2D eigenvalue weighted by atomic mass is 10.2. The minimum absolute atomic E-state index is 0.130. The van der Waals surface area contributed by atoms with E-state index in [4.69, 9.17) is 5.11 Å². The van der Waals surface area contributed by atoms with Gasteiger partial charge in [0, 0.05) is 32.5 Å². The van der Waals surface area contributed by atoms with E-state index < -0.39 is 11.9 Å². The van der Waals surface area contributed by atoms with Gasteiger partial charge >= 0.3 is 5.97 Å². The van der Waals surface area contributed by atoms with Crippen molar-refractivity contribution >= 4 is 17.8 Å². The molecule has 2 amide bonds. The number of nitrogens with zero attached hydrogens (tertiary/aromatic N) is 2. The van der Waals surface area contributed by atoms with E-state index in [0.29, 0.717) is 32.5 Å². The molecule has 1 saturated heterocycles. The van der Waals surface area contributed by atoms with Crippen LogP contribution in [-0.2, 0) is 14.4 Å². The first-order valence-corrected chi connectivity index (χ1v) is 5.66. The molecule has 1 aliphatic rings. The van der Waals surface area contributed by atoms with Crippen LogP contribution >= 0.6 is 0 Å². The number of carbonyl (C=O) groups is 3. The molecule has 1 unspecified atom stereocenters. The number of likely N-dealkylation sites (N-methyl/N-ethyl adjacent to an activating group) is 1. The number of imide groups is 1. The summed E-state index contributed by atoms with van der Waals surface area (Å²) in [5.41, 5.74) is 0. The van der Waals surface area contributed by atoms with Crippen molar-refractivity contribution in [1.29, 1.82) is 0 Å². The summed E-state index contributed by atoms with van der Waals surface area (Å²) in [4.78, 5) is 36.4. The molecule has 0 radical (unpaired) electrons. The highest BCUT2D eigenvalue weighted by molar-refractivity contribution is 6.01. The molecule has 17 heavy (non-hydrogen) atoms. The summed E-state index contributed by atoms with van der Waals surface area (Å²) in [6, 6.07) is 0. The Balaban J connectivity index is 2.33. The summed E-state index contributed by atoms with van der Waals surface area (Å²) in [7, 11) is 1.78. The molecule has 1 heterocycles. The van der Waals surface area contributed by atoms with E-state index >= 15 is 0 Å². The summed E-state index contributed by atoms with van der Waals surface area (Å²) in [6.07, 6.45) is 0.599. The van der Waals surface area contributed by atoms with Crippen LogP contribution in [0.15, 0.2) is 0 Å². The molecule has 0 spiro atoms. The summed E-state index contributed by atoms with van der Waals surface area (Å²) in [5.74, 6) is -1.56. The molecule has 1 N–H and O–H groups in total. The van der Waals surface area contributed by atoms with Crippen LogP contribution in [0.5, 0.6) is 0 Å². The fraction of sp³-hybridized carbons (Fsp3) is 0.727. The number of hydrogen-bond acceptors (Lipinski definition) is 4. The second-order valence-corrected chi connectivity index (χ2v) is 4.44. The van der Waals surface area contributed by atoms with Crippen molar-refractivity contribution in [3.05, 3.63) is 0 Å². The summed E-state index contributed by atoms with van der Waals surface area (Å²) >= 11 is 0. The Morgan fingerprint density at radius 3 is 2.41 bits per heavy atom. The molecule has 1 fully saturated rings. The summed E-state index contributed by atoms with van der Waals surface area (Å²) in [5, 5.41) is 8.75. The first kappa shape index (κ1) is 13.6. The van der Waals surface area contributed by atoms with Gasteiger partial charge in [-0.3, -0.25) is 19.3 Å². The summed E-state index contributed by atoms with van der Waals surface area (Å²) < 4.78 is 0. The monoisotopic (exact) mass is 242 g/mol. The zero-order valence-electron chi connectivity index (χ0n) is 10.2. The van der Waals surface area contributed by atoms with Crippen LogP contribution in [0.2, 0.25) is 0 Å². The number of carboxylic acids is 1. The maximum atomic E-state index is 11.3. The van der Waals surface area contributed by atoms with Gasteiger partial charge < -0.3 is 10.0 Å². The third-order valence-corrected chi connectivity index (χ3v) is 2.87. The van der Waals surface area contributed by atoms with Crippen molar-refractivity contribution in [2.24, 2.45) is 5.92 Å². The largest absolute Gasteiger partial charge is 0.481 e. The van der Waals surface area contributed by atoms with E-state index in [0.717, 1.165) is 0 Å². The molecule has 1 rings (SSSR count). The lowest BCUT2D eigenvalue weighted by Crippen LogP contribution is -2.38. The molecule has 0 aliphatic carbocycles. The van der Waals surface area contributed by atoms with Crippen LogP contribution in [0.4, 0.5) is 0 Å². The Kier molecular flexibility index (Phi) is 4.62. The fourth-order valence-corrected chi connectivity index (χ4v) is 1.78. The molecule has 96 valence electrons. The zero-order valence-corrected chi connectivity index (χ0v) is 10.2. The maximum Gasteiger partial charge on any atom is 0.307 e. The summed E-state index contributed by atoms with van der Waals surface area (Å²) in [6.45, 7) is 2.89. The SMILES string of the molecule is CC(CN(C)CCN1C(=O)CCC1=O)C(=O)O. The molecule has 6 heteroatoms. The fourth-order valence-electron chi connectivity index (χ4n) is 1.78. The van der Waals surface area contributed by atoms with Crippen LogP contribution < -0.4 is 0 Å². The van der Waals surface area contributed by atoms with Crippen LogP contribution in [0.1, 0.15) is 19.8 Å². The molecular formula is C11H18N2O4. The quantitative estimate of drug-likeness (QED) is 0.652. The average molecular weight is 242 g/mol. The predicted octanol–water partition coefficient (Wildman–Crippen LogP) is -0.212. The second-order valence-electron chi connectivity index (χ2n) is 4.44. The van der Waals surface area contributed by atoms with Gasteiger partial charge in [-0.2, -0.15) is 0 Å². The Morgan fingerprint density at radius 2 is 1.94 bits per heavy atom. The lowest BCUT2D eigenvalue weighted by Gasteiger charge is -2.21. The molecule has 0 saturated carbocycles. The number of rotatable bonds is 6. The average Bonchev–Trinajstić information content (AvgIpc) is 2.56. The standard InChI is InChI=1S/C11H18N2O4/c1-8(11(16)17)7-12(2)5-6-13-9(14)3-4-10(13)15/h8H,3-7H2,1-2H3,(H,16,17). The predicted molar refractivity (Wildman–Crippen MR) is 60.3 cm³/mol. The van der Waals surface area contributed by atoms with E-state index in [1.165, 1.54) is 4.90 Å². The highest BCUT2D eigenvalue weighted by Gasteiger charge is 2.28. The van der Waals surface area contributed by atoms with Gasteiger partial charge in [0.05, 0.1) is 5.92 Å². The minimum Gasteiger partial charge on any atom is -0.481 e. The highest BCUT2D eigenvalue weighted by Crippen LogP contribution is 2.11. The van der Waals surface area contributed by atoms with Gasteiger partial charge in [-0.15, -0.1) is 0 Å². The zero-order chi connectivity index (χ0) is 13.0. The van der Waals surface area contributed by atoms with E-state index in [1.807, 2.05) is 4.90 Å². The van der Waals surface area contributed by atoms with E-state index in [2.05, 4.69) is 0 Å². The molecular weight excluding hydrogens is 224 g/mol. The molecule has 0 bridgehead atoms. The molecule has 1 aliphatic heterocycles. The third kappa shape index (κ3) is 3.81. The Bertz CT molecular complexity index is 313. The smallest absolute Gasteiger partial charge is 0.307 e. The normalized spacial score (nSPS) is 17.9. The van der Waals surface area contributed by atoms with Crippen molar-refractivity contribution in [1.82, 2.24) is 9.80 Å². The maximum absolute atomic E-state index is 11.3. The minimum atomic E-state index is -0.842. The van der Waals surface area contributed by atoms with Crippen LogP contribution in [-0.4, -0.2) is 59.4 Å². The highest BCUT2D eigenvalue weighted by atomic mass is 16.4. The molecule has 0 aromatic heterocycles. The lowest BCUT2D eigenvalue weighted by molar-refractivity contribution is -0.142. The Labute approximate surface area is 100 Å². The van der Waals surface area contributed by atoms with Gasteiger partial charge in [0.15, 0.2) is 0 Å². The van der Waals surface area contributed by atoms with Gasteiger partial charge in [0.1, 0.15) is 0 Å². The first-order valence-electron chi connectivity index (χ1n) is 5.66. The third-order valence-electron chi connectivity index (χ3n) is 2.87. The molecule has 6 nitrogen and oxygen atoms in total. The number of aliphatic carboxylic acids is 1. The van der Waals surface area contributed by atoms with Crippen molar-refractivity contribution in [3.8, 4) is 0 Å². The second kappa shape index (κ2) is 5.77. The number of amides is 2. The van der Waals surface area contributed by atoms with Gasteiger partial charge in [-0.05, 0) is 7.05 Å². The number of carbonyl (C=O) groups excluding carboxylic acids is 2. The van der Waals surface area contributed by atoms with Crippen molar-refractivity contribution in [3.63, 3.8) is 0 Å². The molecule has 1 atom stereocenters. The topological polar surface area (TPSA) is 77.9 Å². The van der Waals surface area contributed by atoms with Crippen LogP contribution in [0.25, 0.3) is 0 Å². The van der Waals surface area contributed by atoms with Crippen LogP contribution in [0.3, 0.4) is 0 Å². The van der Waals surface area contributed by atoms with Gasteiger partial charge in [-0.1, -0.05) is 6.92 Å². The van der Waals surface area contributed by atoms with Crippen molar-refractivity contribution < 1.29 is 19.5 Å². The Morgan fingerprint density at radius 1 is 1.41 bits per heavy atom. The van der Waals surface area contributed by atoms with E-state index in [-0.39, 0.29) is 11.8 Å². The number of hydrogen-bond donors (Lipinski definition) is 1. The Hall–Kier alpha value is -1.43. The van der Waals surface area contributed by atoms with Gasteiger partial charge in [0.2, 0.25) is 11.8 Å². The number of likely N-dealkylation sites (tertiary alicyclic amines) is 1. The molecule has 0 aromatic carbocycles. The van der Waals surface area contributed by atoms with Crippen LogP contribution in [0, 0.1) is 5.92 Å². The van der Waals surface area contributed by atoms with E-state index in [9.17, 15) is 14.4 Å². The van der Waals surface area contributed by atoms with Crippen molar-refractivity contribution in [2.75, 3.05) is 26.7 Å². The van der Waals surface area contributed by atoms with Gasteiger partial charge in [0.25, 0.3) is 0 Å².